The molecule has 0 saturated heterocycles. The highest BCUT2D eigenvalue weighted by atomic mass is 79.9. The van der Waals surface area contributed by atoms with Crippen LogP contribution < -0.4 is 20.7 Å². The molecule has 0 fully saturated rings. The molecule has 0 saturated carbocycles. The summed E-state index contributed by atoms with van der Waals surface area (Å²) in [6.45, 7) is 5.06. The lowest BCUT2D eigenvalue weighted by Crippen LogP contribution is -2.35. The number of hydrogen-bond donors (Lipinski definition) is 3. The molecule has 8 heteroatoms. The summed E-state index contributed by atoms with van der Waals surface area (Å²) >= 11 is 8.65. The lowest BCUT2D eigenvalue weighted by Gasteiger charge is -2.15. The summed E-state index contributed by atoms with van der Waals surface area (Å²) in [6.07, 6.45) is 1.67. The molecule has 29 heavy (non-hydrogen) atoms. The van der Waals surface area contributed by atoms with Gasteiger partial charge in [0, 0.05) is 11.0 Å². The molecule has 0 heterocycles. The third-order valence-corrected chi connectivity index (χ3v) is 4.53. The zero-order valence-corrected chi connectivity index (χ0v) is 18.8. The lowest BCUT2D eigenvalue weighted by atomic mass is 10.1. The van der Waals surface area contributed by atoms with Gasteiger partial charge >= 0.3 is 0 Å². The molecule has 2 amide bonds. The van der Waals surface area contributed by atoms with Crippen LogP contribution in [-0.4, -0.2) is 30.1 Å². The predicted octanol–water partition coefficient (Wildman–Crippen LogP) is 4.50. The minimum atomic E-state index is -0.400. The Kier molecular flexibility index (Phi) is 9.08. The number of benzene rings is 2. The van der Waals surface area contributed by atoms with Gasteiger partial charge < -0.3 is 15.4 Å². The number of amides is 2. The maximum absolute atomic E-state index is 12.7. The Bertz CT molecular complexity index is 889. The molecule has 6 nitrogen and oxygen atoms in total. The number of thiocarbonyl (C=S) groups is 1. The molecular formula is C21H24BrN3O3S. The first kappa shape index (κ1) is 22.8. The van der Waals surface area contributed by atoms with Crippen molar-refractivity contribution in [2.45, 2.75) is 26.7 Å². The van der Waals surface area contributed by atoms with Crippen LogP contribution in [0.3, 0.4) is 0 Å². The number of carbonyl (C=O) groups excluding carboxylic acids is 2. The minimum Gasteiger partial charge on any atom is -0.493 e. The van der Waals surface area contributed by atoms with E-state index in [1.54, 1.807) is 36.4 Å². The molecule has 0 spiro atoms. The Labute approximate surface area is 184 Å². The number of halogens is 1. The van der Waals surface area contributed by atoms with Crippen molar-refractivity contribution >= 4 is 50.8 Å². The molecule has 0 unspecified atom stereocenters. The third-order valence-electron chi connectivity index (χ3n) is 3.83. The zero-order valence-electron chi connectivity index (χ0n) is 16.4. The van der Waals surface area contributed by atoms with Crippen LogP contribution in [0.2, 0.25) is 0 Å². The number of anilines is 1. The van der Waals surface area contributed by atoms with Crippen LogP contribution in [0.4, 0.5) is 5.69 Å². The van der Waals surface area contributed by atoms with Gasteiger partial charge in [0.15, 0.2) is 5.11 Å². The van der Waals surface area contributed by atoms with E-state index in [0.29, 0.717) is 35.7 Å². The van der Waals surface area contributed by atoms with Gasteiger partial charge in [-0.15, -0.1) is 0 Å². The van der Waals surface area contributed by atoms with Crippen molar-refractivity contribution in [3.8, 4) is 5.75 Å². The number of rotatable bonds is 8. The second-order valence-corrected chi connectivity index (χ2v) is 7.52. The van der Waals surface area contributed by atoms with Crippen LogP contribution in [-0.2, 0) is 0 Å². The predicted molar refractivity (Wildman–Crippen MR) is 123 cm³/mol. The second-order valence-electron chi connectivity index (χ2n) is 6.20. The maximum atomic E-state index is 12.7. The fourth-order valence-corrected chi connectivity index (χ4v) is 3.03. The van der Waals surface area contributed by atoms with Crippen LogP contribution in [0.1, 0.15) is 47.4 Å². The maximum Gasteiger partial charge on any atom is 0.261 e. The van der Waals surface area contributed by atoms with Gasteiger partial charge in [0.25, 0.3) is 11.8 Å². The highest BCUT2D eigenvalue weighted by Crippen LogP contribution is 2.23. The molecule has 0 bridgehead atoms. The smallest absolute Gasteiger partial charge is 0.261 e. The average Bonchev–Trinajstić information content (AvgIpc) is 2.71. The molecule has 0 aliphatic heterocycles. The number of para-hydroxylation sites is 1. The Balaban J connectivity index is 2.11. The van der Waals surface area contributed by atoms with Crippen molar-refractivity contribution in [2.75, 3.05) is 18.5 Å². The highest BCUT2D eigenvalue weighted by Gasteiger charge is 2.16. The van der Waals surface area contributed by atoms with Crippen molar-refractivity contribution in [1.82, 2.24) is 10.6 Å². The van der Waals surface area contributed by atoms with E-state index in [-0.39, 0.29) is 11.0 Å². The van der Waals surface area contributed by atoms with Gasteiger partial charge in [-0.25, -0.2) is 0 Å². The number of carbonyl (C=O) groups is 2. The number of ether oxygens (including phenoxy) is 1. The lowest BCUT2D eigenvalue weighted by molar-refractivity contribution is 0.0952. The molecule has 2 aromatic rings. The topological polar surface area (TPSA) is 79.5 Å². The van der Waals surface area contributed by atoms with Gasteiger partial charge in [0.2, 0.25) is 0 Å². The SMILES string of the molecule is CCCNC(=O)c1ccccc1NC(=S)NC(=O)c1cc(Br)ccc1OCCC. The first-order valence-corrected chi connectivity index (χ1v) is 10.6. The van der Waals surface area contributed by atoms with Gasteiger partial charge in [-0.3, -0.25) is 14.9 Å². The molecule has 0 aliphatic rings. The summed E-state index contributed by atoms with van der Waals surface area (Å²) in [4.78, 5) is 25.1. The Morgan fingerprint density at radius 2 is 1.79 bits per heavy atom. The Morgan fingerprint density at radius 3 is 2.52 bits per heavy atom. The summed E-state index contributed by atoms with van der Waals surface area (Å²) in [5.74, 6) is -0.121. The van der Waals surface area contributed by atoms with Crippen molar-refractivity contribution in [2.24, 2.45) is 0 Å². The summed E-state index contributed by atoms with van der Waals surface area (Å²) in [7, 11) is 0. The van der Waals surface area contributed by atoms with E-state index in [9.17, 15) is 9.59 Å². The van der Waals surface area contributed by atoms with Crippen LogP contribution in [0, 0.1) is 0 Å². The van der Waals surface area contributed by atoms with E-state index in [4.69, 9.17) is 17.0 Å². The van der Waals surface area contributed by atoms with Gasteiger partial charge in [-0.1, -0.05) is 41.9 Å². The van der Waals surface area contributed by atoms with E-state index in [0.717, 1.165) is 17.3 Å². The second kappa shape index (κ2) is 11.5. The number of nitrogens with one attached hydrogen (secondary N) is 3. The van der Waals surface area contributed by atoms with Crippen molar-refractivity contribution < 1.29 is 14.3 Å². The molecule has 0 aliphatic carbocycles. The highest BCUT2D eigenvalue weighted by molar-refractivity contribution is 9.10. The molecule has 2 aromatic carbocycles. The van der Waals surface area contributed by atoms with Crippen molar-refractivity contribution in [3.05, 3.63) is 58.1 Å². The molecule has 0 radical (unpaired) electrons. The van der Waals surface area contributed by atoms with E-state index in [2.05, 4.69) is 31.9 Å². The van der Waals surface area contributed by atoms with E-state index in [1.807, 2.05) is 19.9 Å². The summed E-state index contributed by atoms with van der Waals surface area (Å²) < 4.78 is 6.41. The molecular weight excluding hydrogens is 454 g/mol. The van der Waals surface area contributed by atoms with Gasteiger partial charge in [-0.2, -0.15) is 0 Å². The Morgan fingerprint density at radius 1 is 1.03 bits per heavy atom. The van der Waals surface area contributed by atoms with Crippen LogP contribution in [0.5, 0.6) is 5.75 Å². The largest absolute Gasteiger partial charge is 0.493 e. The zero-order chi connectivity index (χ0) is 21.2. The fourth-order valence-electron chi connectivity index (χ4n) is 2.47. The van der Waals surface area contributed by atoms with Gasteiger partial charge in [-0.05, 0) is 55.4 Å². The minimum absolute atomic E-state index is 0.0900. The first-order chi connectivity index (χ1) is 14.0. The summed E-state index contributed by atoms with van der Waals surface area (Å²) in [6, 6.07) is 12.2. The van der Waals surface area contributed by atoms with E-state index < -0.39 is 5.91 Å². The van der Waals surface area contributed by atoms with Crippen LogP contribution in [0.25, 0.3) is 0 Å². The standard InChI is InChI=1S/C21H24BrN3O3S/c1-3-11-23-19(26)15-7-5-6-8-17(15)24-21(29)25-20(27)16-13-14(22)9-10-18(16)28-12-4-2/h5-10,13H,3-4,11-12H2,1-2H3,(H,23,26)(H2,24,25,27,29). The average molecular weight is 478 g/mol. The third kappa shape index (κ3) is 6.83. The normalized spacial score (nSPS) is 10.2. The number of hydrogen-bond acceptors (Lipinski definition) is 4. The molecule has 0 atom stereocenters. The molecule has 2 rings (SSSR count). The van der Waals surface area contributed by atoms with Gasteiger partial charge in [0.05, 0.1) is 23.4 Å². The summed E-state index contributed by atoms with van der Waals surface area (Å²) in [5, 5.41) is 8.50. The Hall–Kier alpha value is -2.45. The van der Waals surface area contributed by atoms with Crippen LogP contribution in [0.15, 0.2) is 46.9 Å². The van der Waals surface area contributed by atoms with Gasteiger partial charge in [0.1, 0.15) is 5.75 Å². The summed E-state index contributed by atoms with van der Waals surface area (Å²) in [5.41, 5.74) is 1.33. The first-order valence-electron chi connectivity index (χ1n) is 9.38. The van der Waals surface area contributed by atoms with Crippen molar-refractivity contribution in [3.63, 3.8) is 0 Å². The molecule has 0 aromatic heterocycles. The van der Waals surface area contributed by atoms with Crippen molar-refractivity contribution in [1.29, 1.82) is 0 Å². The molecule has 3 N–H and O–H groups in total. The molecule has 154 valence electrons. The quantitative estimate of drug-likeness (QED) is 0.487. The monoisotopic (exact) mass is 477 g/mol. The van der Waals surface area contributed by atoms with E-state index >= 15 is 0 Å². The fraction of sp³-hybridized carbons (Fsp3) is 0.286. The van der Waals surface area contributed by atoms with E-state index in [1.165, 1.54) is 0 Å². The van der Waals surface area contributed by atoms with Crippen LogP contribution >= 0.6 is 28.1 Å².